The monoisotopic (exact) mass is 252 g/mol. The zero-order valence-electron chi connectivity index (χ0n) is 9.48. The van der Waals surface area contributed by atoms with Gasteiger partial charge in [0.25, 0.3) is 11.6 Å². The van der Waals surface area contributed by atoms with Gasteiger partial charge in [-0.2, -0.15) is 0 Å². The molecule has 0 spiro atoms. The van der Waals surface area contributed by atoms with Crippen molar-refractivity contribution in [3.63, 3.8) is 0 Å². The van der Waals surface area contributed by atoms with E-state index in [1.807, 2.05) is 0 Å². The lowest BCUT2D eigenvalue weighted by Crippen LogP contribution is -2.30. The first kappa shape index (κ1) is 12.5. The highest BCUT2D eigenvalue weighted by Gasteiger charge is 2.27. The molecule has 0 radical (unpaired) electrons. The van der Waals surface area contributed by atoms with Crippen molar-refractivity contribution in [2.45, 2.75) is 12.5 Å². The summed E-state index contributed by atoms with van der Waals surface area (Å²) < 4.78 is 0. The van der Waals surface area contributed by atoms with Gasteiger partial charge in [0.2, 0.25) is 0 Å². The summed E-state index contributed by atoms with van der Waals surface area (Å²) in [5.41, 5.74) is 0.239. The van der Waals surface area contributed by atoms with Gasteiger partial charge in [-0.05, 0) is 0 Å². The molecule has 7 nitrogen and oxygen atoms in total. The molecular formula is C11H12N2O5. The molecule has 2 rings (SSSR count). The number of hydrogen-bond donors (Lipinski definition) is 1. The van der Waals surface area contributed by atoms with Crippen LogP contribution in [-0.4, -0.2) is 40.3 Å². The van der Waals surface area contributed by atoms with Crippen molar-refractivity contribution < 1.29 is 19.7 Å². The van der Waals surface area contributed by atoms with Crippen LogP contribution in [0.2, 0.25) is 0 Å². The smallest absolute Gasteiger partial charge is 0.273 e. The van der Waals surface area contributed by atoms with Crippen molar-refractivity contribution >= 4 is 11.6 Å². The molecule has 18 heavy (non-hydrogen) atoms. The van der Waals surface area contributed by atoms with Crippen LogP contribution in [0.3, 0.4) is 0 Å². The number of benzene rings is 1. The van der Waals surface area contributed by atoms with Crippen LogP contribution in [0.4, 0.5) is 5.69 Å². The molecule has 7 heteroatoms. The van der Waals surface area contributed by atoms with E-state index in [0.717, 1.165) is 5.06 Å². The Morgan fingerprint density at radius 3 is 2.89 bits per heavy atom. The van der Waals surface area contributed by atoms with E-state index in [4.69, 9.17) is 4.84 Å². The van der Waals surface area contributed by atoms with Gasteiger partial charge >= 0.3 is 0 Å². The van der Waals surface area contributed by atoms with E-state index < -0.39 is 16.9 Å². The highest BCUT2D eigenvalue weighted by Crippen LogP contribution is 2.19. The number of nitrogens with zero attached hydrogens (tertiary/aromatic N) is 2. The van der Waals surface area contributed by atoms with E-state index in [2.05, 4.69) is 0 Å². The first-order valence-corrected chi connectivity index (χ1v) is 5.41. The van der Waals surface area contributed by atoms with E-state index in [1.54, 1.807) is 12.1 Å². The Labute approximate surface area is 103 Å². The number of aliphatic hydroxyl groups excluding tert-OH is 1. The molecule has 1 amide bonds. The number of hydroxylamine groups is 2. The normalized spacial score (nSPS) is 18.9. The molecule has 1 aromatic carbocycles. The van der Waals surface area contributed by atoms with E-state index in [1.165, 1.54) is 12.1 Å². The van der Waals surface area contributed by atoms with Crippen molar-refractivity contribution in [1.29, 1.82) is 0 Å². The standard InChI is InChI=1S/C11H12N2O5/c14-9-6-12(18-7-9)11(15)5-8-3-1-2-4-10(8)13(16)17/h1-4,9,14H,5-7H2. The van der Waals surface area contributed by atoms with E-state index in [9.17, 15) is 20.0 Å². The van der Waals surface area contributed by atoms with Gasteiger partial charge in [0, 0.05) is 11.6 Å². The number of carbonyl (C=O) groups excluding carboxylic acids is 1. The molecule has 1 atom stereocenters. The number of para-hydroxylation sites is 1. The number of carbonyl (C=O) groups is 1. The van der Waals surface area contributed by atoms with Crippen LogP contribution < -0.4 is 0 Å². The predicted octanol–water partition coefficient (Wildman–Crippen LogP) is 0.272. The minimum atomic E-state index is -0.695. The SMILES string of the molecule is O=C(Cc1ccccc1[N+](=O)[O-])N1CC(O)CO1. The van der Waals surface area contributed by atoms with E-state index >= 15 is 0 Å². The summed E-state index contributed by atoms with van der Waals surface area (Å²) in [7, 11) is 0. The molecule has 1 fully saturated rings. The lowest BCUT2D eigenvalue weighted by Gasteiger charge is -2.13. The molecule has 0 saturated carbocycles. The summed E-state index contributed by atoms with van der Waals surface area (Å²) >= 11 is 0. The fourth-order valence-electron chi connectivity index (χ4n) is 1.74. The minimum absolute atomic E-state index is 0.0720. The topological polar surface area (TPSA) is 92.9 Å². The fraction of sp³-hybridized carbons (Fsp3) is 0.364. The second kappa shape index (κ2) is 5.11. The number of rotatable bonds is 3. The van der Waals surface area contributed by atoms with Gasteiger partial charge in [0.15, 0.2) is 0 Å². The third-order valence-electron chi connectivity index (χ3n) is 2.61. The van der Waals surface area contributed by atoms with Gasteiger partial charge in [0.1, 0.15) is 6.61 Å². The van der Waals surface area contributed by atoms with Gasteiger partial charge in [-0.15, -0.1) is 0 Å². The number of amides is 1. The zero-order valence-corrected chi connectivity index (χ0v) is 9.48. The van der Waals surface area contributed by atoms with Crippen LogP contribution in [0.25, 0.3) is 0 Å². The Balaban J connectivity index is 2.09. The van der Waals surface area contributed by atoms with Crippen LogP contribution in [0, 0.1) is 10.1 Å². The Kier molecular flexibility index (Phi) is 3.54. The number of nitro groups is 1. The summed E-state index contributed by atoms with van der Waals surface area (Å²) in [6, 6.07) is 6.06. The molecule has 1 saturated heterocycles. The summed E-state index contributed by atoms with van der Waals surface area (Å²) in [5, 5.41) is 21.1. The Morgan fingerprint density at radius 2 is 2.28 bits per heavy atom. The number of nitro benzene ring substituents is 1. The van der Waals surface area contributed by atoms with E-state index in [-0.39, 0.29) is 25.3 Å². The first-order chi connectivity index (χ1) is 8.58. The molecule has 0 aromatic heterocycles. The van der Waals surface area contributed by atoms with Crippen LogP contribution in [0.1, 0.15) is 5.56 Å². The molecular weight excluding hydrogens is 240 g/mol. The lowest BCUT2D eigenvalue weighted by molar-refractivity contribution is -0.385. The van der Waals surface area contributed by atoms with Crippen molar-refractivity contribution in [2.24, 2.45) is 0 Å². The highest BCUT2D eigenvalue weighted by molar-refractivity contribution is 5.79. The van der Waals surface area contributed by atoms with Gasteiger partial charge in [-0.1, -0.05) is 18.2 Å². The average molecular weight is 252 g/mol. The molecule has 0 aliphatic carbocycles. The summed E-state index contributed by atoms with van der Waals surface area (Å²) in [6.45, 7) is 0.169. The maximum atomic E-state index is 11.8. The van der Waals surface area contributed by atoms with Crippen molar-refractivity contribution in [3.8, 4) is 0 Å². The van der Waals surface area contributed by atoms with E-state index in [0.29, 0.717) is 5.56 Å². The van der Waals surface area contributed by atoms with Gasteiger partial charge < -0.3 is 5.11 Å². The fourth-order valence-corrected chi connectivity index (χ4v) is 1.74. The highest BCUT2D eigenvalue weighted by atomic mass is 16.7. The van der Waals surface area contributed by atoms with Crippen LogP contribution in [0.15, 0.2) is 24.3 Å². The summed E-state index contributed by atoms with van der Waals surface area (Å²) in [6.07, 6.45) is -0.816. The quantitative estimate of drug-likeness (QED) is 0.615. The maximum Gasteiger partial charge on any atom is 0.273 e. The van der Waals surface area contributed by atoms with Crippen molar-refractivity contribution in [2.75, 3.05) is 13.2 Å². The molecule has 1 aliphatic heterocycles. The second-order valence-electron chi connectivity index (χ2n) is 3.97. The summed E-state index contributed by atoms with van der Waals surface area (Å²) in [5.74, 6) is -0.402. The van der Waals surface area contributed by atoms with Crippen molar-refractivity contribution in [1.82, 2.24) is 5.06 Å². The third kappa shape index (κ3) is 2.63. The average Bonchev–Trinajstić information content (AvgIpc) is 2.76. The Morgan fingerprint density at radius 1 is 1.56 bits per heavy atom. The van der Waals surface area contributed by atoms with Gasteiger partial charge in [-0.3, -0.25) is 19.7 Å². The van der Waals surface area contributed by atoms with Gasteiger partial charge in [0.05, 0.1) is 24.0 Å². The summed E-state index contributed by atoms with van der Waals surface area (Å²) in [4.78, 5) is 27.0. The largest absolute Gasteiger partial charge is 0.389 e. The molecule has 1 aliphatic rings. The minimum Gasteiger partial charge on any atom is -0.389 e. The maximum absolute atomic E-state index is 11.8. The third-order valence-corrected chi connectivity index (χ3v) is 2.61. The number of hydrogen-bond acceptors (Lipinski definition) is 5. The predicted molar refractivity (Wildman–Crippen MR) is 60.5 cm³/mol. The van der Waals surface area contributed by atoms with Crippen molar-refractivity contribution in [3.05, 3.63) is 39.9 Å². The lowest BCUT2D eigenvalue weighted by atomic mass is 10.1. The first-order valence-electron chi connectivity index (χ1n) is 5.41. The van der Waals surface area contributed by atoms with Crippen LogP contribution >= 0.6 is 0 Å². The van der Waals surface area contributed by atoms with Gasteiger partial charge in [-0.25, -0.2) is 5.06 Å². The molecule has 96 valence electrons. The molecule has 1 aromatic rings. The number of aliphatic hydroxyl groups is 1. The Hall–Kier alpha value is -1.99. The molecule has 0 bridgehead atoms. The molecule has 1 unspecified atom stereocenters. The number of β-amino-alcohol motifs (C(OH)–C–C–N with tert-alkyl or cyclic N) is 1. The molecule has 1 heterocycles. The second-order valence-corrected chi connectivity index (χ2v) is 3.97. The van der Waals surface area contributed by atoms with Crippen LogP contribution in [-0.2, 0) is 16.1 Å². The Bertz CT molecular complexity index is 476. The molecule has 1 N–H and O–H groups in total. The van der Waals surface area contributed by atoms with Crippen LogP contribution in [0.5, 0.6) is 0 Å². The zero-order chi connectivity index (χ0) is 13.1.